The minimum atomic E-state index is 0.540. The van der Waals surface area contributed by atoms with Gasteiger partial charge in [-0.25, -0.2) is 9.97 Å². The van der Waals surface area contributed by atoms with Crippen molar-refractivity contribution < 1.29 is 0 Å². The standard InChI is InChI=1S/C20H21N7/c1-4-16-23-11(3)18(25-16)14-7-13(15-9-21-10(2)8-22-15)17-19(12-5-6-12)26-27-20(17)24-14/h7-9,12H,4-6H2,1-3H3,(H,23,25)(H,24,26,27). The smallest absolute Gasteiger partial charge is 0.182 e. The van der Waals surface area contributed by atoms with Crippen LogP contribution in [0.2, 0.25) is 0 Å². The number of hydrogen-bond donors (Lipinski definition) is 2. The number of imidazole rings is 1. The van der Waals surface area contributed by atoms with Gasteiger partial charge >= 0.3 is 0 Å². The normalized spacial score (nSPS) is 14.2. The van der Waals surface area contributed by atoms with E-state index in [9.17, 15) is 0 Å². The lowest BCUT2D eigenvalue weighted by Gasteiger charge is -2.07. The summed E-state index contributed by atoms with van der Waals surface area (Å²) in [5.41, 5.74) is 7.31. The average molecular weight is 359 g/mol. The van der Waals surface area contributed by atoms with Crippen LogP contribution in [0, 0.1) is 13.8 Å². The molecule has 1 saturated carbocycles. The Hall–Kier alpha value is -3.09. The molecule has 4 heterocycles. The topological polar surface area (TPSA) is 96.0 Å². The number of pyridine rings is 1. The highest BCUT2D eigenvalue weighted by molar-refractivity contribution is 5.96. The first-order valence-electron chi connectivity index (χ1n) is 9.38. The summed E-state index contributed by atoms with van der Waals surface area (Å²) in [6, 6.07) is 2.08. The van der Waals surface area contributed by atoms with Crippen molar-refractivity contribution in [2.24, 2.45) is 0 Å². The van der Waals surface area contributed by atoms with Crippen molar-refractivity contribution >= 4 is 11.0 Å². The summed E-state index contributed by atoms with van der Waals surface area (Å²) < 4.78 is 0. The maximum Gasteiger partial charge on any atom is 0.182 e. The first kappa shape index (κ1) is 16.1. The molecule has 0 aromatic carbocycles. The van der Waals surface area contributed by atoms with Gasteiger partial charge in [0.05, 0.1) is 28.7 Å². The Kier molecular flexibility index (Phi) is 3.56. The SMILES string of the molecule is CCc1nc(-c2cc(-c3cnc(C)cn3)c3c(C4CC4)[nH]nc3n2)c(C)[nH]1. The molecule has 1 fully saturated rings. The maximum absolute atomic E-state index is 4.82. The van der Waals surface area contributed by atoms with Gasteiger partial charge in [-0.3, -0.25) is 15.1 Å². The van der Waals surface area contributed by atoms with Crippen LogP contribution >= 0.6 is 0 Å². The molecule has 7 nitrogen and oxygen atoms in total. The number of fused-ring (bicyclic) bond motifs is 1. The Labute approximate surface area is 156 Å². The van der Waals surface area contributed by atoms with Crippen LogP contribution in [0.4, 0.5) is 0 Å². The predicted molar refractivity (Wildman–Crippen MR) is 103 cm³/mol. The van der Waals surface area contributed by atoms with E-state index >= 15 is 0 Å². The van der Waals surface area contributed by atoms with E-state index in [4.69, 9.17) is 9.97 Å². The highest BCUT2D eigenvalue weighted by Crippen LogP contribution is 2.44. The highest BCUT2D eigenvalue weighted by Gasteiger charge is 2.30. The summed E-state index contributed by atoms with van der Waals surface area (Å²) in [7, 11) is 0. The predicted octanol–water partition coefficient (Wildman–Crippen LogP) is 3.86. The molecule has 5 rings (SSSR count). The Morgan fingerprint density at radius 2 is 1.93 bits per heavy atom. The molecule has 136 valence electrons. The molecule has 1 aliphatic rings. The summed E-state index contributed by atoms with van der Waals surface area (Å²) in [6.45, 7) is 6.05. The fourth-order valence-corrected chi connectivity index (χ4v) is 3.51. The van der Waals surface area contributed by atoms with Crippen LogP contribution < -0.4 is 0 Å². The van der Waals surface area contributed by atoms with Crippen LogP contribution in [0.3, 0.4) is 0 Å². The molecule has 0 bridgehead atoms. The molecule has 0 saturated heterocycles. The zero-order valence-electron chi connectivity index (χ0n) is 15.7. The number of nitrogens with zero attached hydrogens (tertiary/aromatic N) is 5. The summed E-state index contributed by atoms with van der Waals surface area (Å²) in [5, 5.41) is 8.78. The van der Waals surface area contributed by atoms with E-state index in [0.717, 1.165) is 57.4 Å². The highest BCUT2D eigenvalue weighted by atomic mass is 15.2. The monoisotopic (exact) mass is 359 g/mol. The van der Waals surface area contributed by atoms with Gasteiger partial charge in [-0.05, 0) is 32.8 Å². The largest absolute Gasteiger partial charge is 0.346 e. The molecule has 27 heavy (non-hydrogen) atoms. The van der Waals surface area contributed by atoms with Gasteiger partial charge in [-0.15, -0.1) is 0 Å². The van der Waals surface area contributed by atoms with E-state index in [1.165, 1.54) is 12.8 Å². The summed E-state index contributed by atoms with van der Waals surface area (Å²) in [6.07, 6.45) is 6.86. The summed E-state index contributed by atoms with van der Waals surface area (Å²) in [4.78, 5) is 21.9. The van der Waals surface area contributed by atoms with Crippen LogP contribution in [0.1, 0.15) is 48.6 Å². The molecule has 1 aliphatic carbocycles. The van der Waals surface area contributed by atoms with Crippen molar-refractivity contribution in [1.29, 1.82) is 0 Å². The van der Waals surface area contributed by atoms with Gasteiger partial charge in [0.25, 0.3) is 0 Å². The van der Waals surface area contributed by atoms with Gasteiger partial charge in [-0.1, -0.05) is 6.92 Å². The minimum Gasteiger partial charge on any atom is -0.346 e. The van der Waals surface area contributed by atoms with Crippen molar-refractivity contribution in [2.75, 3.05) is 0 Å². The van der Waals surface area contributed by atoms with Crippen LogP contribution in [-0.2, 0) is 6.42 Å². The molecule has 0 amide bonds. The number of aromatic nitrogens is 7. The van der Waals surface area contributed by atoms with Gasteiger partial charge in [-0.2, -0.15) is 5.10 Å². The minimum absolute atomic E-state index is 0.540. The number of rotatable bonds is 4. The number of aryl methyl sites for hydroxylation is 3. The number of hydrogen-bond acceptors (Lipinski definition) is 5. The van der Waals surface area contributed by atoms with Gasteiger partial charge in [0.15, 0.2) is 5.65 Å². The second kappa shape index (κ2) is 5.97. The molecule has 4 aromatic heterocycles. The third kappa shape index (κ3) is 2.70. The first-order valence-corrected chi connectivity index (χ1v) is 9.38. The molecule has 7 heteroatoms. The molecule has 0 spiro atoms. The second-order valence-corrected chi connectivity index (χ2v) is 7.22. The van der Waals surface area contributed by atoms with E-state index in [2.05, 4.69) is 38.1 Å². The summed E-state index contributed by atoms with van der Waals surface area (Å²) >= 11 is 0. The molecular weight excluding hydrogens is 338 g/mol. The number of H-pyrrole nitrogens is 2. The van der Waals surface area contributed by atoms with Gasteiger partial charge in [0.2, 0.25) is 0 Å². The third-order valence-electron chi connectivity index (χ3n) is 5.11. The maximum atomic E-state index is 4.82. The van der Waals surface area contributed by atoms with Crippen molar-refractivity contribution in [3.05, 3.63) is 41.4 Å². The lowest BCUT2D eigenvalue weighted by Crippen LogP contribution is -1.94. The van der Waals surface area contributed by atoms with Crippen LogP contribution in [0.25, 0.3) is 33.7 Å². The zero-order valence-corrected chi connectivity index (χ0v) is 15.7. The third-order valence-corrected chi connectivity index (χ3v) is 5.11. The molecular formula is C20H21N7. The van der Waals surface area contributed by atoms with Gasteiger partial charge < -0.3 is 4.98 Å². The lowest BCUT2D eigenvalue weighted by molar-refractivity contribution is 0.974. The van der Waals surface area contributed by atoms with E-state index in [1.54, 1.807) is 6.20 Å². The van der Waals surface area contributed by atoms with Crippen LogP contribution in [0.15, 0.2) is 18.5 Å². The molecule has 0 aliphatic heterocycles. The van der Waals surface area contributed by atoms with E-state index in [-0.39, 0.29) is 0 Å². The molecule has 2 N–H and O–H groups in total. The van der Waals surface area contributed by atoms with Crippen molar-refractivity contribution in [3.63, 3.8) is 0 Å². The quantitative estimate of drug-likeness (QED) is 0.577. The van der Waals surface area contributed by atoms with Crippen LogP contribution in [-0.4, -0.2) is 35.1 Å². The molecule has 0 unspecified atom stereocenters. The Bertz CT molecular complexity index is 1130. The Morgan fingerprint density at radius 1 is 1.07 bits per heavy atom. The fourth-order valence-electron chi connectivity index (χ4n) is 3.51. The van der Waals surface area contributed by atoms with E-state index in [1.807, 2.05) is 20.0 Å². The van der Waals surface area contributed by atoms with Gasteiger partial charge in [0.1, 0.15) is 11.5 Å². The van der Waals surface area contributed by atoms with Crippen molar-refractivity contribution in [2.45, 2.75) is 46.0 Å². The number of aromatic amines is 2. The lowest BCUT2D eigenvalue weighted by atomic mass is 10.0. The average Bonchev–Trinajstić information content (AvgIpc) is 3.32. The zero-order chi connectivity index (χ0) is 18.5. The second-order valence-electron chi connectivity index (χ2n) is 7.22. The Morgan fingerprint density at radius 3 is 2.59 bits per heavy atom. The molecule has 0 radical (unpaired) electrons. The number of nitrogens with one attached hydrogen (secondary N) is 2. The first-order chi connectivity index (χ1) is 13.1. The van der Waals surface area contributed by atoms with E-state index < -0.39 is 0 Å². The van der Waals surface area contributed by atoms with Crippen LogP contribution in [0.5, 0.6) is 0 Å². The molecule has 4 aromatic rings. The van der Waals surface area contributed by atoms with Crippen molar-refractivity contribution in [1.82, 2.24) is 35.1 Å². The summed E-state index contributed by atoms with van der Waals surface area (Å²) in [5.74, 6) is 1.50. The molecule has 0 atom stereocenters. The van der Waals surface area contributed by atoms with Gasteiger partial charge in [0, 0.05) is 35.5 Å². The fraction of sp³-hybridized carbons (Fsp3) is 0.350. The van der Waals surface area contributed by atoms with E-state index in [0.29, 0.717) is 11.6 Å². The Balaban J connectivity index is 1.77. The van der Waals surface area contributed by atoms with Crippen molar-refractivity contribution in [3.8, 4) is 22.6 Å².